The number of hydrogen-bond donors (Lipinski definition) is 3. The van der Waals surface area contributed by atoms with Crippen molar-refractivity contribution in [2.45, 2.75) is 6.04 Å². The lowest BCUT2D eigenvalue weighted by molar-refractivity contribution is -0.133. The quantitative estimate of drug-likeness (QED) is 0.781. The molecular weight excluding hydrogens is 279 g/mol. The first-order valence-corrected chi connectivity index (χ1v) is 5.71. The van der Waals surface area contributed by atoms with Crippen molar-refractivity contribution in [3.05, 3.63) is 45.6 Å². The average molecular weight is 287 g/mol. The minimum atomic E-state index is -1.21. The van der Waals surface area contributed by atoms with Crippen LogP contribution in [0.15, 0.2) is 30.0 Å². The van der Waals surface area contributed by atoms with Crippen LogP contribution < -0.4 is 10.6 Å². The summed E-state index contributed by atoms with van der Waals surface area (Å²) in [7, 11) is 0. The number of carbonyl (C=O) groups excluding carboxylic acids is 1. The lowest BCUT2D eigenvalue weighted by atomic mass is 10.0. The van der Waals surface area contributed by atoms with Gasteiger partial charge in [0.2, 0.25) is 0 Å². The first kappa shape index (κ1) is 12.7. The second-order valence-electron chi connectivity index (χ2n) is 3.60. The maximum absolute atomic E-state index is 11.4. The van der Waals surface area contributed by atoms with Crippen molar-refractivity contribution in [2.24, 2.45) is 0 Å². The molecule has 1 heterocycles. The van der Waals surface area contributed by atoms with Crippen LogP contribution in [0.25, 0.3) is 0 Å². The standard InChI is InChI=1S/C11H8Cl2N2O3/c12-6-3-1-2-5(9(6)13)7-4-8(10(16)17)15-11(18)14-7/h1-4,7H,(H,16,17)(H2,14,15,18)/t7-/m1/s1. The van der Waals surface area contributed by atoms with Crippen LogP contribution in [-0.2, 0) is 4.79 Å². The van der Waals surface area contributed by atoms with E-state index < -0.39 is 18.0 Å². The second kappa shape index (κ2) is 4.88. The molecule has 1 aromatic carbocycles. The molecule has 94 valence electrons. The Bertz CT molecular complexity index is 557. The maximum Gasteiger partial charge on any atom is 0.352 e. The molecule has 0 aliphatic carbocycles. The van der Waals surface area contributed by atoms with Gasteiger partial charge in [0.15, 0.2) is 0 Å². The maximum atomic E-state index is 11.4. The molecule has 1 atom stereocenters. The van der Waals surface area contributed by atoms with Crippen LogP contribution in [0.5, 0.6) is 0 Å². The summed E-state index contributed by atoms with van der Waals surface area (Å²) >= 11 is 11.9. The number of nitrogens with one attached hydrogen (secondary N) is 2. The highest BCUT2D eigenvalue weighted by atomic mass is 35.5. The van der Waals surface area contributed by atoms with Crippen LogP contribution in [0.3, 0.4) is 0 Å². The lowest BCUT2D eigenvalue weighted by Gasteiger charge is -2.23. The molecule has 0 bridgehead atoms. The smallest absolute Gasteiger partial charge is 0.352 e. The monoisotopic (exact) mass is 286 g/mol. The van der Waals surface area contributed by atoms with Crippen molar-refractivity contribution in [3.8, 4) is 0 Å². The lowest BCUT2D eigenvalue weighted by Crippen LogP contribution is -2.43. The first-order chi connectivity index (χ1) is 8.49. The number of amides is 2. The highest BCUT2D eigenvalue weighted by Crippen LogP contribution is 2.31. The average Bonchev–Trinajstić information content (AvgIpc) is 2.31. The number of halogens is 2. The molecule has 2 amide bonds. The van der Waals surface area contributed by atoms with E-state index in [9.17, 15) is 9.59 Å². The van der Waals surface area contributed by atoms with E-state index in [1.807, 2.05) is 0 Å². The Morgan fingerprint density at radius 3 is 2.72 bits per heavy atom. The van der Waals surface area contributed by atoms with Gasteiger partial charge in [0.1, 0.15) is 5.70 Å². The molecule has 3 N–H and O–H groups in total. The molecule has 1 aliphatic heterocycles. The molecule has 0 radical (unpaired) electrons. The van der Waals surface area contributed by atoms with E-state index in [0.29, 0.717) is 10.6 Å². The van der Waals surface area contributed by atoms with E-state index in [-0.39, 0.29) is 10.7 Å². The van der Waals surface area contributed by atoms with E-state index in [0.717, 1.165) is 0 Å². The van der Waals surface area contributed by atoms with E-state index in [4.69, 9.17) is 28.3 Å². The minimum absolute atomic E-state index is 0.195. The van der Waals surface area contributed by atoms with Crippen molar-refractivity contribution < 1.29 is 14.7 Å². The number of carbonyl (C=O) groups is 2. The minimum Gasteiger partial charge on any atom is -0.477 e. The third-order valence-electron chi connectivity index (χ3n) is 2.42. The van der Waals surface area contributed by atoms with Gasteiger partial charge in [-0.25, -0.2) is 9.59 Å². The molecule has 0 spiro atoms. The number of rotatable bonds is 2. The normalized spacial score (nSPS) is 18.7. The van der Waals surface area contributed by atoms with Gasteiger partial charge in [0.05, 0.1) is 16.1 Å². The SMILES string of the molecule is O=C1NC(C(=O)O)=C[C@H](c2cccc(Cl)c2Cl)N1. The van der Waals surface area contributed by atoms with Crippen LogP contribution in [-0.4, -0.2) is 17.1 Å². The topological polar surface area (TPSA) is 78.4 Å². The number of urea groups is 1. The van der Waals surface area contributed by atoms with Gasteiger partial charge < -0.3 is 15.7 Å². The van der Waals surface area contributed by atoms with Gasteiger partial charge in [-0.3, -0.25) is 0 Å². The van der Waals surface area contributed by atoms with Gasteiger partial charge in [-0.15, -0.1) is 0 Å². The molecule has 18 heavy (non-hydrogen) atoms. The molecule has 0 saturated carbocycles. The van der Waals surface area contributed by atoms with Crippen molar-refractivity contribution >= 4 is 35.2 Å². The van der Waals surface area contributed by atoms with E-state index in [1.165, 1.54) is 6.08 Å². The summed E-state index contributed by atoms with van der Waals surface area (Å²) < 4.78 is 0. The molecule has 2 rings (SSSR count). The zero-order valence-electron chi connectivity index (χ0n) is 8.91. The molecule has 0 unspecified atom stereocenters. The van der Waals surface area contributed by atoms with E-state index in [2.05, 4.69) is 10.6 Å². The molecule has 1 aromatic rings. The van der Waals surface area contributed by atoms with Crippen LogP contribution in [0.1, 0.15) is 11.6 Å². The summed E-state index contributed by atoms with van der Waals surface area (Å²) in [5.41, 5.74) is 0.345. The third-order valence-corrected chi connectivity index (χ3v) is 3.25. The van der Waals surface area contributed by atoms with E-state index >= 15 is 0 Å². The van der Waals surface area contributed by atoms with Crippen molar-refractivity contribution in [1.29, 1.82) is 0 Å². The zero-order chi connectivity index (χ0) is 13.3. The zero-order valence-corrected chi connectivity index (χ0v) is 10.4. The highest BCUT2D eigenvalue weighted by Gasteiger charge is 2.24. The summed E-state index contributed by atoms with van der Waals surface area (Å²) in [5.74, 6) is -1.21. The number of carboxylic acids is 1. The Hall–Kier alpha value is -1.72. The van der Waals surface area contributed by atoms with Gasteiger partial charge >= 0.3 is 12.0 Å². The fraction of sp³-hybridized carbons (Fsp3) is 0.0909. The molecular formula is C11H8Cl2N2O3. The number of carboxylic acid groups (broad SMARTS) is 1. The molecule has 0 saturated heterocycles. The number of aliphatic carboxylic acids is 1. The molecule has 7 heteroatoms. The fourth-order valence-corrected chi connectivity index (χ4v) is 2.03. The Balaban J connectivity index is 2.44. The van der Waals surface area contributed by atoms with Crippen LogP contribution >= 0.6 is 23.2 Å². The first-order valence-electron chi connectivity index (χ1n) is 4.95. The van der Waals surface area contributed by atoms with Gasteiger partial charge in [-0.1, -0.05) is 35.3 Å². The van der Waals surface area contributed by atoms with Crippen LogP contribution in [0.4, 0.5) is 4.79 Å². The molecule has 0 aromatic heterocycles. The van der Waals surface area contributed by atoms with Crippen molar-refractivity contribution in [3.63, 3.8) is 0 Å². The van der Waals surface area contributed by atoms with Gasteiger partial charge in [0, 0.05) is 0 Å². The van der Waals surface area contributed by atoms with Gasteiger partial charge in [-0.05, 0) is 17.7 Å². The number of hydrogen-bond acceptors (Lipinski definition) is 2. The summed E-state index contributed by atoms with van der Waals surface area (Å²) in [4.78, 5) is 22.2. The summed E-state index contributed by atoms with van der Waals surface area (Å²) in [6.45, 7) is 0. The van der Waals surface area contributed by atoms with Crippen molar-refractivity contribution in [2.75, 3.05) is 0 Å². The Kier molecular flexibility index (Phi) is 3.45. The van der Waals surface area contributed by atoms with E-state index in [1.54, 1.807) is 18.2 Å². The Morgan fingerprint density at radius 1 is 1.33 bits per heavy atom. The van der Waals surface area contributed by atoms with Gasteiger partial charge in [0.25, 0.3) is 0 Å². The summed E-state index contributed by atoms with van der Waals surface area (Å²) in [6, 6.07) is 3.72. The Morgan fingerprint density at radius 2 is 2.06 bits per heavy atom. The highest BCUT2D eigenvalue weighted by molar-refractivity contribution is 6.42. The van der Waals surface area contributed by atoms with Crippen molar-refractivity contribution in [1.82, 2.24) is 10.6 Å². The molecule has 0 fully saturated rings. The van der Waals surface area contributed by atoms with Gasteiger partial charge in [-0.2, -0.15) is 0 Å². The number of benzene rings is 1. The predicted octanol–water partition coefficient (Wildman–Crippen LogP) is 2.32. The largest absolute Gasteiger partial charge is 0.477 e. The molecule has 1 aliphatic rings. The Labute approximate surface area is 112 Å². The predicted molar refractivity (Wildman–Crippen MR) is 66.6 cm³/mol. The summed E-state index contributed by atoms with van der Waals surface area (Å²) in [5, 5.41) is 14.2. The fourth-order valence-electron chi connectivity index (χ4n) is 1.60. The molecule has 5 nitrogen and oxygen atoms in total. The van der Waals surface area contributed by atoms with Crippen LogP contribution in [0.2, 0.25) is 10.0 Å². The summed E-state index contributed by atoms with van der Waals surface area (Å²) in [6.07, 6.45) is 1.36. The second-order valence-corrected chi connectivity index (χ2v) is 4.39. The third kappa shape index (κ3) is 2.42. The van der Waals surface area contributed by atoms with Crippen LogP contribution in [0, 0.1) is 0 Å².